The van der Waals surface area contributed by atoms with Crippen LogP contribution < -0.4 is 10.1 Å². The minimum atomic E-state index is -5.09. The summed E-state index contributed by atoms with van der Waals surface area (Å²) < 4.78 is 51.6. The molecule has 1 aromatic carbocycles. The first kappa shape index (κ1) is 25.9. The molecular formula is C23H24BrF3N4O3. The second-order valence-electron chi connectivity index (χ2n) is 8.95. The molecule has 7 nitrogen and oxygen atoms in total. The number of nitrogens with one attached hydrogen (secondary N) is 1. The average Bonchev–Trinajstić information content (AvgIpc) is 3.60. The number of nitrogens with zero attached hydrogens (tertiary/aromatic N) is 3. The van der Waals surface area contributed by atoms with Crippen LogP contribution in [0.5, 0.6) is 5.75 Å². The van der Waals surface area contributed by atoms with Gasteiger partial charge in [-0.25, -0.2) is 9.97 Å². The largest absolute Gasteiger partial charge is 0.482 e. The molecule has 2 atom stereocenters. The standard InChI is InChI=1S/C23H24BrF3N4O3/c1-22(2,3)33-12-17(31-21(32)23(25,26)27)19(15-10-29-20(30-11-15)14-5-6-14)34-18-7-4-13(9-28)8-16(18)24/h4,7-8,10-11,14,17,19H,5-6,12H2,1-3H3,(H,31,32)/t17-,19+/m0/s1. The number of benzene rings is 1. The fourth-order valence-electron chi connectivity index (χ4n) is 3.03. The van der Waals surface area contributed by atoms with E-state index in [9.17, 15) is 18.0 Å². The van der Waals surface area contributed by atoms with E-state index in [0.717, 1.165) is 12.8 Å². The second-order valence-corrected chi connectivity index (χ2v) is 9.80. The number of aromatic nitrogens is 2. The van der Waals surface area contributed by atoms with Crippen LogP contribution in [-0.2, 0) is 9.53 Å². The van der Waals surface area contributed by atoms with Crippen molar-refractivity contribution in [1.29, 1.82) is 5.26 Å². The van der Waals surface area contributed by atoms with E-state index in [0.29, 0.717) is 21.4 Å². The van der Waals surface area contributed by atoms with Crippen molar-refractivity contribution in [2.75, 3.05) is 6.61 Å². The number of carbonyl (C=O) groups is 1. The fraction of sp³-hybridized carbons (Fsp3) is 0.478. The molecule has 2 aromatic rings. The summed E-state index contributed by atoms with van der Waals surface area (Å²) in [6, 6.07) is 5.32. The van der Waals surface area contributed by atoms with E-state index in [1.165, 1.54) is 30.6 Å². The van der Waals surface area contributed by atoms with Gasteiger partial charge in [0.2, 0.25) is 0 Å². The van der Waals surface area contributed by atoms with E-state index in [4.69, 9.17) is 14.7 Å². The van der Waals surface area contributed by atoms with Crippen LogP contribution in [0.4, 0.5) is 13.2 Å². The van der Waals surface area contributed by atoms with Gasteiger partial charge in [-0.2, -0.15) is 18.4 Å². The van der Waals surface area contributed by atoms with Crippen LogP contribution in [0.2, 0.25) is 0 Å². The van der Waals surface area contributed by atoms with Gasteiger partial charge in [0, 0.05) is 23.9 Å². The number of rotatable bonds is 8. The zero-order chi connectivity index (χ0) is 25.1. The summed E-state index contributed by atoms with van der Waals surface area (Å²) in [5, 5.41) is 11.1. The maximum atomic E-state index is 13.1. The van der Waals surface area contributed by atoms with Crippen molar-refractivity contribution < 1.29 is 27.4 Å². The van der Waals surface area contributed by atoms with Gasteiger partial charge in [0.1, 0.15) is 17.7 Å². The van der Waals surface area contributed by atoms with Crippen molar-refractivity contribution >= 4 is 21.8 Å². The molecule has 34 heavy (non-hydrogen) atoms. The van der Waals surface area contributed by atoms with Crippen LogP contribution in [-0.4, -0.2) is 40.3 Å². The molecule has 1 aliphatic rings. The summed E-state index contributed by atoms with van der Waals surface area (Å²) in [7, 11) is 0. The fourth-order valence-corrected chi connectivity index (χ4v) is 3.50. The third-order valence-electron chi connectivity index (χ3n) is 4.91. The summed E-state index contributed by atoms with van der Waals surface area (Å²) in [5.74, 6) is -0.912. The van der Waals surface area contributed by atoms with Gasteiger partial charge < -0.3 is 14.8 Å². The second kappa shape index (κ2) is 10.3. The number of amides is 1. The van der Waals surface area contributed by atoms with Gasteiger partial charge >= 0.3 is 12.1 Å². The lowest BCUT2D eigenvalue weighted by atomic mass is 10.0. The molecule has 0 aliphatic heterocycles. The SMILES string of the molecule is CC(C)(C)OC[C@H](NC(=O)C(F)(F)F)[C@H](Oc1ccc(C#N)cc1Br)c1cnc(C2CC2)nc1. The summed E-state index contributed by atoms with van der Waals surface area (Å²) >= 11 is 3.32. The van der Waals surface area contributed by atoms with E-state index < -0.39 is 29.8 Å². The summed E-state index contributed by atoms with van der Waals surface area (Å²) in [6.45, 7) is 4.97. The Morgan fingerprint density at radius 1 is 1.26 bits per heavy atom. The minimum absolute atomic E-state index is 0.261. The molecule has 3 rings (SSSR count). The first-order chi connectivity index (χ1) is 15.9. The number of ether oxygens (including phenoxy) is 2. The lowest BCUT2D eigenvalue weighted by molar-refractivity contribution is -0.176. The van der Waals surface area contributed by atoms with Crippen LogP contribution in [0.15, 0.2) is 35.1 Å². The Kier molecular flexibility index (Phi) is 7.83. The zero-order valence-corrected chi connectivity index (χ0v) is 20.4. The minimum Gasteiger partial charge on any atom is -0.482 e. The Labute approximate surface area is 203 Å². The molecule has 0 radical (unpaired) electrons. The summed E-state index contributed by atoms with van der Waals surface area (Å²) in [5.41, 5.74) is 0.0455. The molecule has 0 bridgehead atoms. The van der Waals surface area contributed by atoms with E-state index in [-0.39, 0.29) is 18.3 Å². The van der Waals surface area contributed by atoms with Gasteiger partial charge in [-0.05, 0) is 67.7 Å². The quantitative estimate of drug-likeness (QED) is 0.507. The van der Waals surface area contributed by atoms with E-state index >= 15 is 0 Å². The van der Waals surface area contributed by atoms with Gasteiger partial charge in [-0.15, -0.1) is 0 Å². The molecule has 1 heterocycles. The highest BCUT2D eigenvalue weighted by Crippen LogP contribution is 2.38. The Morgan fingerprint density at radius 2 is 1.91 bits per heavy atom. The van der Waals surface area contributed by atoms with Crippen molar-refractivity contribution in [3.8, 4) is 11.8 Å². The van der Waals surface area contributed by atoms with Crippen molar-refractivity contribution in [3.05, 3.63) is 52.0 Å². The Bertz CT molecular complexity index is 1060. The number of halogens is 4. The number of nitriles is 1. The van der Waals surface area contributed by atoms with Crippen molar-refractivity contribution in [2.45, 2.75) is 63.5 Å². The maximum Gasteiger partial charge on any atom is 0.471 e. The van der Waals surface area contributed by atoms with E-state index in [1.54, 1.807) is 20.8 Å². The summed E-state index contributed by atoms with van der Waals surface area (Å²) in [6.07, 6.45) is -1.25. The maximum absolute atomic E-state index is 13.1. The number of hydrogen-bond acceptors (Lipinski definition) is 6. The zero-order valence-electron chi connectivity index (χ0n) is 18.8. The van der Waals surface area contributed by atoms with Crippen molar-refractivity contribution in [2.24, 2.45) is 0 Å². The smallest absolute Gasteiger partial charge is 0.471 e. The van der Waals surface area contributed by atoms with Crippen LogP contribution >= 0.6 is 15.9 Å². The third-order valence-corrected chi connectivity index (χ3v) is 5.53. The first-order valence-electron chi connectivity index (χ1n) is 10.6. The van der Waals surface area contributed by atoms with Gasteiger partial charge in [0.25, 0.3) is 0 Å². The van der Waals surface area contributed by atoms with Gasteiger partial charge in [0.15, 0.2) is 0 Å². The Hall–Kier alpha value is -2.71. The summed E-state index contributed by atoms with van der Waals surface area (Å²) in [4.78, 5) is 20.6. The molecule has 1 amide bonds. The number of carbonyl (C=O) groups excluding carboxylic acids is 1. The molecule has 1 N–H and O–H groups in total. The highest BCUT2D eigenvalue weighted by molar-refractivity contribution is 9.10. The third kappa shape index (κ3) is 7.14. The van der Waals surface area contributed by atoms with Gasteiger partial charge in [0.05, 0.1) is 34.4 Å². The topological polar surface area (TPSA) is 97.1 Å². The lowest BCUT2D eigenvalue weighted by Crippen LogP contribution is -2.50. The van der Waals surface area contributed by atoms with Crippen LogP contribution in [0, 0.1) is 11.3 Å². The highest BCUT2D eigenvalue weighted by atomic mass is 79.9. The molecule has 0 saturated heterocycles. The molecule has 1 aromatic heterocycles. The van der Waals surface area contributed by atoms with Crippen LogP contribution in [0.1, 0.15) is 62.6 Å². The molecule has 11 heteroatoms. The lowest BCUT2D eigenvalue weighted by Gasteiger charge is -2.31. The van der Waals surface area contributed by atoms with E-state index in [2.05, 4.69) is 25.9 Å². The number of hydrogen-bond donors (Lipinski definition) is 1. The van der Waals surface area contributed by atoms with E-state index in [1.807, 2.05) is 11.4 Å². The predicted octanol–water partition coefficient (Wildman–Crippen LogP) is 4.97. The monoisotopic (exact) mass is 540 g/mol. The van der Waals surface area contributed by atoms with Crippen molar-refractivity contribution in [3.63, 3.8) is 0 Å². The van der Waals surface area contributed by atoms with Crippen LogP contribution in [0.25, 0.3) is 0 Å². The Balaban J connectivity index is 1.99. The molecule has 182 valence electrons. The highest BCUT2D eigenvalue weighted by Gasteiger charge is 2.42. The van der Waals surface area contributed by atoms with Gasteiger partial charge in [-0.1, -0.05) is 0 Å². The molecular weight excluding hydrogens is 517 g/mol. The first-order valence-corrected chi connectivity index (χ1v) is 11.4. The molecule has 1 saturated carbocycles. The predicted molar refractivity (Wildman–Crippen MR) is 120 cm³/mol. The molecule has 0 unspecified atom stereocenters. The normalized spacial score (nSPS) is 15.8. The molecule has 1 fully saturated rings. The van der Waals surface area contributed by atoms with Gasteiger partial charge in [-0.3, -0.25) is 4.79 Å². The van der Waals surface area contributed by atoms with Crippen LogP contribution in [0.3, 0.4) is 0 Å². The number of alkyl halides is 3. The van der Waals surface area contributed by atoms with Crippen molar-refractivity contribution in [1.82, 2.24) is 15.3 Å². The molecule has 1 aliphatic carbocycles. The average molecular weight is 541 g/mol. The molecule has 0 spiro atoms. The Morgan fingerprint density at radius 3 is 2.41 bits per heavy atom.